The molecular formula is C30H26ClFN6O2. The molecule has 0 unspecified atom stereocenters. The average Bonchev–Trinajstić information content (AvgIpc) is 3.37. The lowest BCUT2D eigenvalue weighted by molar-refractivity contribution is -0.137. The molecule has 8 nitrogen and oxygen atoms in total. The van der Waals surface area contributed by atoms with Gasteiger partial charge in [-0.1, -0.05) is 41.9 Å². The molecular weight excluding hydrogens is 531 g/mol. The van der Waals surface area contributed by atoms with E-state index in [1.165, 1.54) is 18.2 Å². The molecule has 2 aromatic heterocycles. The van der Waals surface area contributed by atoms with Crippen LogP contribution in [0.2, 0.25) is 5.02 Å². The fourth-order valence-corrected chi connectivity index (χ4v) is 4.26. The van der Waals surface area contributed by atoms with Crippen LogP contribution in [0.15, 0.2) is 79.0 Å². The van der Waals surface area contributed by atoms with E-state index in [2.05, 4.69) is 25.6 Å². The molecule has 202 valence electrons. The number of ether oxygens (including phenoxy) is 1. The summed E-state index contributed by atoms with van der Waals surface area (Å²) in [5, 5.41) is 6.49. The normalized spacial score (nSPS) is 11.2. The van der Waals surface area contributed by atoms with E-state index in [1.54, 1.807) is 25.3 Å². The quantitative estimate of drug-likeness (QED) is 0.128. The van der Waals surface area contributed by atoms with Crippen molar-refractivity contribution in [1.82, 2.24) is 19.9 Å². The van der Waals surface area contributed by atoms with Crippen LogP contribution >= 0.6 is 11.6 Å². The first kappa shape index (κ1) is 26.8. The predicted molar refractivity (Wildman–Crippen MR) is 156 cm³/mol. The Morgan fingerprint density at radius 2 is 1.98 bits per heavy atom. The zero-order chi connectivity index (χ0) is 27.9. The Morgan fingerprint density at radius 1 is 1.10 bits per heavy atom. The first-order valence-corrected chi connectivity index (χ1v) is 13.1. The average molecular weight is 557 g/mol. The topological polar surface area (TPSA) is 105 Å². The fourth-order valence-electron chi connectivity index (χ4n) is 4.08. The molecule has 2 heterocycles. The van der Waals surface area contributed by atoms with Gasteiger partial charge in [0.1, 0.15) is 17.5 Å². The van der Waals surface area contributed by atoms with E-state index in [0.717, 1.165) is 33.5 Å². The number of H-pyrrole nitrogens is 1. The number of esters is 1. The third-order valence-corrected chi connectivity index (χ3v) is 6.24. The van der Waals surface area contributed by atoms with Gasteiger partial charge in [0.2, 0.25) is 5.95 Å². The second-order valence-electron chi connectivity index (χ2n) is 8.80. The Balaban J connectivity index is 1.41. The van der Waals surface area contributed by atoms with Crippen LogP contribution in [0.5, 0.6) is 0 Å². The van der Waals surface area contributed by atoms with Crippen molar-refractivity contribution in [2.45, 2.75) is 13.3 Å². The number of rotatable bonds is 10. The molecule has 0 spiro atoms. The smallest absolute Gasteiger partial charge is 0.330 e. The molecule has 0 atom stereocenters. The van der Waals surface area contributed by atoms with Crippen molar-refractivity contribution in [1.29, 1.82) is 0 Å². The first-order chi connectivity index (χ1) is 19.5. The van der Waals surface area contributed by atoms with Crippen LogP contribution in [0.4, 0.5) is 21.8 Å². The number of nitrogens with zero attached hydrogens (tertiary/aromatic N) is 3. The first-order valence-electron chi connectivity index (χ1n) is 12.7. The van der Waals surface area contributed by atoms with Gasteiger partial charge in [0, 0.05) is 36.5 Å². The zero-order valence-corrected chi connectivity index (χ0v) is 22.4. The maximum Gasteiger partial charge on any atom is 0.330 e. The highest BCUT2D eigenvalue weighted by Gasteiger charge is 2.12. The van der Waals surface area contributed by atoms with E-state index >= 15 is 0 Å². The second-order valence-corrected chi connectivity index (χ2v) is 9.21. The van der Waals surface area contributed by atoms with Crippen molar-refractivity contribution in [2.75, 3.05) is 23.8 Å². The van der Waals surface area contributed by atoms with Crippen LogP contribution in [0.1, 0.15) is 18.3 Å². The number of aromatic nitrogens is 4. The van der Waals surface area contributed by atoms with Gasteiger partial charge in [0.05, 0.1) is 22.7 Å². The Kier molecular flexibility index (Phi) is 8.32. The van der Waals surface area contributed by atoms with Crippen molar-refractivity contribution in [3.05, 3.63) is 101 Å². The number of para-hydroxylation sites is 2. The van der Waals surface area contributed by atoms with Crippen LogP contribution in [-0.4, -0.2) is 39.1 Å². The molecule has 5 aromatic rings. The van der Waals surface area contributed by atoms with Crippen LogP contribution in [0, 0.1) is 5.82 Å². The minimum Gasteiger partial charge on any atom is -0.463 e. The van der Waals surface area contributed by atoms with E-state index in [9.17, 15) is 9.18 Å². The number of hydrogen-bond donors (Lipinski definition) is 3. The highest BCUT2D eigenvalue weighted by Crippen LogP contribution is 2.29. The lowest BCUT2D eigenvalue weighted by Gasteiger charge is -2.14. The van der Waals surface area contributed by atoms with Gasteiger partial charge in [0.25, 0.3) is 0 Å². The Hall–Kier alpha value is -4.76. The zero-order valence-electron chi connectivity index (χ0n) is 21.6. The number of carbonyl (C=O) groups is 1. The third kappa shape index (κ3) is 6.62. The summed E-state index contributed by atoms with van der Waals surface area (Å²) in [6, 6.07) is 19.9. The predicted octanol–water partition coefficient (Wildman–Crippen LogP) is 6.79. The molecule has 0 radical (unpaired) electrons. The van der Waals surface area contributed by atoms with Crippen LogP contribution in [0.25, 0.3) is 28.2 Å². The van der Waals surface area contributed by atoms with Crippen molar-refractivity contribution in [3.8, 4) is 11.1 Å². The highest BCUT2D eigenvalue weighted by atomic mass is 35.5. The molecule has 0 amide bonds. The summed E-state index contributed by atoms with van der Waals surface area (Å²) in [6.07, 6.45) is 5.44. The van der Waals surface area contributed by atoms with Gasteiger partial charge in [-0.2, -0.15) is 4.98 Å². The van der Waals surface area contributed by atoms with Gasteiger partial charge >= 0.3 is 5.97 Å². The van der Waals surface area contributed by atoms with Gasteiger partial charge in [-0.25, -0.2) is 19.2 Å². The number of carbonyl (C=O) groups excluding carboxylic acids is 1. The summed E-state index contributed by atoms with van der Waals surface area (Å²) >= 11 is 5.94. The molecule has 0 bridgehead atoms. The standard InChI is InChI=1S/C30H26ClFN6O2/c1-2-40-28(39)13-10-19-6-5-7-20(16-19)22-18-34-30(35-21-11-12-24(32)23(31)17-21)38-29(22)33-15-14-27-36-25-8-3-4-9-26(25)37-27/h3-13,16-18H,2,14-15H2,1H3,(H,36,37)(H2,33,34,35,38). The number of anilines is 3. The van der Waals surface area contributed by atoms with Gasteiger partial charge < -0.3 is 20.4 Å². The molecule has 5 rings (SSSR count). The summed E-state index contributed by atoms with van der Waals surface area (Å²) in [4.78, 5) is 28.9. The number of aromatic amines is 1. The number of halogens is 2. The van der Waals surface area contributed by atoms with Gasteiger partial charge in [-0.05, 0) is 60.5 Å². The Morgan fingerprint density at radius 3 is 2.80 bits per heavy atom. The highest BCUT2D eigenvalue weighted by molar-refractivity contribution is 6.31. The maximum atomic E-state index is 13.6. The lowest BCUT2D eigenvalue weighted by atomic mass is 10.0. The molecule has 10 heteroatoms. The largest absolute Gasteiger partial charge is 0.463 e. The number of benzene rings is 3. The van der Waals surface area contributed by atoms with Gasteiger partial charge in [-0.3, -0.25) is 0 Å². The number of fused-ring (bicyclic) bond motifs is 1. The Labute approximate surface area is 235 Å². The number of hydrogen-bond acceptors (Lipinski definition) is 7. The second kappa shape index (κ2) is 12.4. The van der Waals surface area contributed by atoms with E-state index in [-0.39, 0.29) is 5.02 Å². The molecule has 0 aliphatic rings. The van der Waals surface area contributed by atoms with Crippen LogP contribution < -0.4 is 10.6 Å². The molecule has 3 aromatic carbocycles. The summed E-state index contributed by atoms with van der Waals surface area (Å²) < 4.78 is 18.6. The number of nitrogens with one attached hydrogen (secondary N) is 3. The SMILES string of the molecule is CCOC(=O)C=Cc1cccc(-c2cnc(Nc3ccc(F)c(Cl)c3)nc2NCCc2nc3ccccc3[nH]2)c1. The molecule has 0 saturated heterocycles. The molecule has 0 fully saturated rings. The molecule has 3 N–H and O–H groups in total. The molecule has 0 aliphatic heterocycles. The van der Waals surface area contributed by atoms with Crippen molar-refractivity contribution in [3.63, 3.8) is 0 Å². The minimum atomic E-state index is -0.506. The maximum absolute atomic E-state index is 13.6. The van der Waals surface area contributed by atoms with Crippen molar-refractivity contribution >= 4 is 52.1 Å². The lowest BCUT2D eigenvalue weighted by Crippen LogP contribution is -2.10. The van der Waals surface area contributed by atoms with E-state index in [4.69, 9.17) is 21.3 Å². The van der Waals surface area contributed by atoms with Crippen LogP contribution in [0.3, 0.4) is 0 Å². The van der Waals surface area contributed by atoms with Crippen molar-refractivity contribution in [2.24, 2.45) is 0 Å². The Bertz CT molecular complexity index is 1650. The summed E-state index contributed by atoms with van der Waals surface area (Å²) in [5.74, 6) is 0.855. The number of imidazole rings is 1. The fraction of sp³-hybridized carbons (Fsp3) is 0.133. The van der Waals surface area contributed by atoms with Crippen LogP contribution in [-0.2, 0) is 16.0 Å². The minimum absolute atomic E-state index is 0.00140. The third-order valence-electron chi connectivity index (χ3n) is 5.95. The molecule has 0 aliphatic carbocycles. The summed E-state index contributed by atoms with van der Waals surface area (Å²) in [7, 11) is 0. The van der Waals surface area contributed by atoms with Gasteiger partial charge in [0.15, 0.2) is 0 Å². The summed E-state index contributed by atoms with van der Waals surface area (Å²) in [5.41, 5.74) is 4.89. The van der Waals surface area contributed by atoms with Crippen molar-refractivity contribution < 1.29 is 13.9 Å². The molecule has 0 saturated carbocycles. The monoisotopic (exact) mass is 556 g/mol. The van der Waals surface area contributed by atoms with Gasteiger partial charge in [-0.15, -0.1) is 0 Å². The van der Waals surface area contributed by atoms with E-state index < -0.39 is 11.8 Å². The molecule has 40 heavy (non-hydrogen) atoms. The van der Waals surface area contributed by atoms with E-state index in [0.29, 0.717) is 37.0 Å². The van der Waals surface area contributed by atoms with E-state index in [1.807, 2.05) is 48.5 Å². The summed E-state index contributed by atoms with van der Waals surface area (Å²) in [6.45, 7) is 2.63.